The van der Waals surface area contributed by atoms with Crippen LogP contribution in [0.15, 0.2) is 0 Å². The van der Waals surface area contributed by atoms with Gasteiger partial charge in [0.25, 0.3) is 0 Å². The van der Waals surface area contributed by atoms with Gasteiger partial charge in [-0.3, -0.25) is 0 Å². The molecule has 1 aliphatic heterocycles. The molecular weight excluding hydrogens is 148 g/mol. The van der Waals surface area contributed by atoms with E-state index in [1.807, 2.05) is 0 Å². The second kappa shape index (κ2) is 4.08. The van der Waals surface area contributed by atoms with Crippen molar-refractivity contribution in [3.05, 3.63) is 0 Å². The molecule has 0 aromatic heterocycles. The molecule has 0 spiro atoms. The van der Waals surface area contributed by atoms with Crippen LogP contribution in [0.4, 0.5) is 0 Å². The van der Waals surface area contributed by atoms with Gasteiger partial charge in [0.1, 0.15) is 12.9 Å². The minimum absolute atomic E-state index is 0.0903. The van der Waals surface area contributed by atoms with Crippen LogP contribution >= 0.6 is 0 Å². The average molecular weight is 160 g/mol. The number of esters is 1. The molecule has 0 radical (unpaired) electrons. The summed E-state index contributed by atoms with van der Waals surface area (Å²) in [5.41, 5.74) is 0. The first-order valence-electron chi connectivity index (χ1n) is 3.27. The first-order valence-corrected chi connectivity index (χ1v) is 3.27. The maximum atomic E-state index is 10.3. The molecular formula is C7H12O4. The molecule has 4 heteroatoms. The van der Waals surface area contributed by atoms with Gasteiger partial charge >= 0.3 is 5.97 Å². The van der Waals surface area contributed by atoms with Gasteiger partial charge in [-0.25, -0.2) is 4.79 Å². The van der Waals surface area contributed by atoms with Crippen LogP contribution in [0.1, 0.15) is 20.8 Å². The summed E-state index contributed by atoms with van der Waals surface area (Å²) in [6, 6.07) is 0. The van der Waals surface area contributed by atoms with Crippen molar-refractivity contribution >= 4 is 12.3 Å². The smallest absolute Gasteiger partial charge is 0.334 e. The maximum Gasteiger partial charge on any atom is 0.334 e. The van der Waals surface area contributed by atoms with Gasteiger partial charge in [0.15, 0.2) is 0 Å². The third-order valence-corrected chi connectivity index (χ3v) is 0.897. The zero-order chi connectivity index (χ0) is 8.91. The second-order valence-corrected chi connectivity index (χ2v) is 2.40. The Kier molecular flexibility index (Phi) is 3.74. The van der Waals surface area contributed by atoms with E-state index in [-0.39, 0.29) is 12.6 Å². The molecule has 0 aromatic rings. The van der Waals surface area contributed by atoms with Crippen LogP contribution in [0, 0.1) is 0 Å². The van der Waals surface area contributed by atoms with E-state index >= 15 is 0 Å². The number of cyclic esters (lactones) is 1. The van der Waals surface area contributed by atoms with Gasteiger partial charge in [-0.15, -0.1) is 0 Å². The fourth-order valence-electron chi connectivity index (χ4n) is 0.566. The Labute approximate surface area is 65.5 Å². The van der Waals surface area contributed by atoms with Crippen LogP contribution in [-0.2, 0) is 19.1 Å². The molecule has 0 atom stereocenters. The molecule has 1 rings (SSSR count). The first-order chi connectivity index (χ1) is 5.02. The van der Waals surface area contributed by atoms with E-state index in [1.165, 1.54) is 6.92 Å². The molecule has 0 bridgehead atoms. The average Bonchev–Trinajstić information content (AvgIpc) is 2.11. The number of carbonyl (C=O) groups excluding carboxylic acids is 2. The molecule has 0 aromatic carbocycles. The fraction of sp³-hybridized carbons (Fsp3) is 0.714. The summed E-state index contributed by atoms with van der Waals surface area (Å²) >= 11 is 0. The summed E-state index contributed by atoms with van der Waals surface area (Å²) in [4.78, 5) is 19.1. The maximum absolute atomic E-state index is 10.3. The number of hydrogen-bond acceptors (Lipinski definition) is 4. The number of rotatable bonds is 0. The molecule has 0 unspecified atom stereocenters. The van der Waals surface area contributed by atoms with Gasteiger partial charge in [-0.2, -0.15) is 0 Å². The number of ether oxygens (including phenoxy) is 2. The third kappa shape index (κ3) is 4.50. The molecule has 0 aliphatic carbocycles. The lowest BCUT2D eigenvalue weighted by Crippen LogP contribution is -2.19. The highest BCUT2D eigenvalue weighted by molar-refractivity contribution is 5.72. The van der Waals surface area contributed by atoms with Crippen LogP contribution in [0.25, 0.3) is 0 Å². The van der Waals surface area contributed by atoms with Crippen LogP contribution < -0.4 is 0 Å². The molecule has 0 N–H and O–H groups in total. The van der Waals surface area contributed by atoms with Gasteiger partial charge in [0.05, 0.1) is 0 Å². The number of aldehydes is 1. The summed E-state index contributed by atoms with van der Waals surface area (Å²) < 4.78 is 9.57. The SMILES string of the molecule is CC1(C)OCC(=O)O1.CC=O. The molecule has 4 nitrogen and oxygen atoms in total. The first kappa shape index (κ1) is 10.1. The summed E-state index contributed by atoms with van der Waals surface area (Å²) in [7, 11) is 0. The lowest BCUT2D eigenvalue weighted by Gasteiger charge is -2.13. The third-order valence-electron chi connectivity index (χ3n) is 0.897. The van der Waals surface area contributed by atoms with Crippen LogP contribution in [-0.4, -0.2) is 24.6 Å². The zero-order valence-corrected chi connectivity index (χ0v) is 6.92. The molecule has 64 valence electrons. The molecule has 1 aliphatic rings. The Hall–Kier alpha value is -0.900. The van der Waals surface area contributed by atoms with E-state index in [0.29, 0.717) is 0 Å². The molecule has 0 saturated carbocycles. The highest BCUT2D eigenvalue weighted by atomic mass is 16.8. The van der Waals surface area contributed by atoms with E-state index in [9.17, 15) is 4.79 Å². The van der Waals surface area contributed by atoms with Gasteiger partial charge in [0, 0.05) is 13.8 Å². The van der Waals surface area contributed by atoms with Crippen LogP contribution in [0.5, 0.6) is 0 Å². The van der Waals surface area contributed by atoms with Gasteiger partial charge in [0.2, 0.25) is 5.79 Å². The van der Waals surface area contributed by atoms with Gasteiger partial charge in [-0.1, -0.05) is 0 Å². The lowest BCUT2D eigenvalue weighted by atomic mass is 10.4. The Morgan fingerprint density at radius 3 is 2.09 bits per heavy atom. The molecule has 1 heterocycles. The minimum Gasteiger partial charge on any atom is -0.432 e. The summed E-state index contributed by atoms with van der Waals surface area (Å²) in [5.74, 6) is -0.966. The summed E-state index contributed by atoms with van der Waals surface area (Å²) in [6.45, 7) is 4.95. The molecule has 1 saturated heterocycles. The Bertz CT molecular complexity index is 151. The lowest BCUT2D eigenvalue weighted by molar-refractivity contribution is -0.159. The Morgan fingerprint density at radius 2 is 2.00 bits per heavy atom. The van der Waals surface area contributed by atoms with E-state index in [4.69, 9.17) is 9.53 Å². The largest absolute Gasteiger partial charge is 0.432 e. The van der Waals surface area contributed by atoms with Gasteiger partial charge in [-0.05, 0) is 6.92 Å². The van der Waals surface area contributed by atoms with Crippen molar-refractivity contribution in [2.45, 2.75) is 26.6 Å². The Morgan fingerprint density at radius 1 is 1.55 bits per heavy atom. The Balaban J connectivity index is 0.000000292. The standard InChI is InChI=1S/C5H8O3.C2H4O/c1-5(2)7-3-4(6)8-5;1-2-3/h3H2,1-2H3;2H,1H3. The number of carbonyl (C=O) groups is 2. The molecule has 1 fully saturated rings. The van der Waals surface area contributed by atoms with Gasteiger partial charge < -0.3 is 14.3 Å². The quantitative estimate of drug-likeness (QED) is 0.382. The monoisotopic (exact) mass is 160 g/mol. The summed E-state index contributed by atoms with van der Waals surface area (Å²) in [5, 5.41) is 0. The predicted molar refractivity (Wildman–Crippen MR) is 37.9 cm³/mol. The predicted octanol–water partition coefficient (Wildman–Crippen LogP) is 0.501. The summed E-state index contributed by atoms with van der Waals surface area (Å²) in [6.07, 6.45) is 0.750. The molecule has 0 amide bonds. The van der Waals surface area contributed by atoms with Crippen molar-refractivity contribution in [1.82, 2.24) is 0 Å². The van der Waals surface area contributed by atoms with Crippen molar-refractivity contribution in [2.75, 3.05) is 6.61 Å². The van der Waals surface area contributed by atoms with E-state index in [2.05, 4.69) is 4.74 Å². The van der Waals surface area contributed by atoms with Crippen molar-refractivity contribution in [2.24, 2.45) is 0 Å². The highest BCUT2D eigenvalue weighted by Crippen LogP contribution is 2.16. The van der Waals surface area contributed by atoms with E-state index in [1.54, 1.807) is 13.8 Å². The highest BCUT2D eigenvalue weighted by Gasteiger charge is 2.31. The van der Waals surface area contributed by atoms with Crippen LogP contribution in [0.3, 0.4) is 0 Å². The molecule has 11 heavy (non-hydrogen) atoms. The van der Waals surface area contributed by atoms with Crippen molar-refractivity contribution < 1.29 is 19.1 Å². The van der Waals surface area contributed by atoms with Crippen molar-refractivity contribution in [3.63, 3.8) is 0 Å². The van der Waals surface area contributed by atoms with Crippen LogP contribution in [0.2, 0.25) is 0 Å². The van der Waals surface area contributed by atoms with E-state index < -0.39 is 5.79 Å². The second-order valence-electron chi connectivity index (χ2n) is 2.40. The van der Waals surface area contributed by atoms with E-state index in [0.717, 1.165) is 6.29 Å². The fourth-order valence-corrected chi connectivity index (χ4v) is 0.566. The zero-order valence-electron chi connectivity index (χ0n) is 6.92. The number of hydrogen-bond donors (Lipinski definition) is 0. The van der Waals surface area contributed by atoms with Crippen molar-refractivity contribution in [3.8, 4) is 0 Å². The minimum atomic E-state index is -0.683. The topological polar surface area (TPSA) is 52.6 Å². The normalized spacial score (nSPS) is 19.7. The van der Waals surface area contributed by atoms with Crippen molar-refractivity contribution in [1.29, 1.82) is 0 Å².